The average molecular weight is 273 g/mol. The van der Waals surface area contributed by atoms with Crippen LogP contribution in [0.15, 0.2) is 42.5 Å². The third-order valence-corrected chi connectivity index (χ3v) is 3.50. The molecule has 3 heteroatoms. The highest BCUT2D eigenvalue weighted by Gasteiger charge is 2.14. The van der Waals surface area contributed by atoms with Crippen LogP contribution in [0.3, 0.4) is 0 Å². The molecule has 0 radical (unpaired) electrons. The Balaban J connectivity index is 2.12. The standard InChI is InChI=1S/C17H20FNO/c1-11-7-8-16(17(20)9-11)13(3)19-12(2)14-5-4-6-15(18)10-14/h4-10,12-13,19-20H,1-3H3. The van der Waals surface area contributed by atoms with Crippen LogP contribution in [0.5, 0.6) is 5.75 Å². The Morgan fingerprint density at radius 2 is 1.80 bits per heavy atom. The highest BCUT2D eigenvalue weighted by atomic mass is 19.1. The van der Waals surface area contributed by atoms with Crippen LogP contribution in [-0.2, 0) is 0 Å². The van der Waals surface area contributed by atoms with Gasteiger partial charge in [0, 0.05) is 17.6 Å². The molecule has 0 aliphatic heterocycles. The van der Waals surface area contributed by atoms with Gasteiger partial charge in [-0.15, -0.1) is 0 Å². The number of phenolic OH excluding ortho intramolecular Hbond substituents is 1. The van der Waals surface area contributed by atoms with Gasteiger partial charge >= 0.3 is 0 Å². The quantitative estimate of drug-likeness (QED) is 0.872. The van der Waals surface area contributed by atoms with Crippen LogP contribution < -0.4 is 5.32 Å². The molecule has 0 spiro atoms. The number of nitrogens with one attached hydrogen (secondary N) is 1. The lowest BCUT2D eigenvalue weighted by molar-refractivity contribution is 0.437. The summed E-state index contributed by atoms with van der Waals surface area (Å²) in [5.74, 6) is 0.0541. The maximum absolute atomic E-state index is 13.2. The molecular formula is C17H20FNO. The third-order valence-electron chi connectivity index (χ3n) is 3.50. The molecule has 2 N–H and O–H groups in total. The van der Waals surface area contributed by atoms with Gasteiger partial charge in [-0.25, -0.2) is 4.39 Å². The molecule has 0 aliphatic rings. The van der Waals surface area contributed by atoms with Crippen molar-refractivity contribution >= 4 is 0 Å². The van der Waals surface area contributed by atoms with Crippen molar-refractivity contribution in [3.63, 3.8) is 0 Å². The topological polar surface area (TPSA) is 32.3 Å². The lowest BCUT2D eigenvalue weighted by Gasteiger charge is -2.21. The van der Waals surface area contributed by atoms with Crippen molar-refractivity contribution in [1.82, 2.24) is 5.32 Å². The number of aromatic hydroxyl groups is 1. The van der Waals surface area contributed by atoms with Gasteiger partial charge in [-0.05, 0) is 50.1 Å². The van der Waals surface area contributed by atoms with Crippen LogP contribution in [0.2, 0.25) is 0 Å². The van der Waals surface area contributed by atoms with E-state index in [-0.39, 0.29) is 23.7 Å². The summed E-state index contributed by atoms with van der Waals surface area (Å²) in [5.41, 5.74) is 2.76. The first-order valence-electron chi connectivity index (χ1n) is 6.78. The Labute approximate surface area is 119 Å². The summed E-state index contributed by atoms with van der Waals surface area (Å²) in [5, 5.41) is 13.4. The number of halogens is 1. The summed E-state index contributed by atoms with van der Waals surface area (Å²) in [6.45, 7) is 5.91. The predicted molar refractivity (Wildman–Crippen MR) is 79.2 cm³/mol. The summed E-state index contributed by atoms with van der Waals surface area (Å²) < 4.78 is 13.2. The summed E-state index contributed by atoms with van der Waals surface area (Å²) in [6, 6.07) is 12.2. The van der Waals surface area contributed by atoms with Crippen LogP contribution in [0.1, 0.15) is 42.6 Å². The zero-order valence-electron chi connectivity index (χ0n) is 12.0. The van der Waals surface area contributed by atoms with Gasteiger partial charge in [0.25, 0.3) is 0 Å². The predicted octanol–water partition coefficient (Wildman–Crippen LogP) is 4.25. The van der Waals surface area contributed by atoms with E-state index in [1.807, 2.05) is 39.0 Å². The molecule has 0 saturated heterocycles. The van der Waals surface area contributed by atoms with E-state index in [2.05, 4.69) is 5.32 Å². The molecule has 20 heavy (non-hydrogen) atoms. The van der Waals surface area contributed by atoms with Crippen molar-refractivity contribution in [3.8, 4) is 5.75 Å². The van der Waals surface area contributed by atoms with Crippen LogP contribution in [-0.4, -0.2) is 5.11 Å². The molecule has 2 unspecified atom stereocenters. The molecule has 0 aromatic heterocycles. The molecule has 0 amide bonds. The molecule has 0 bridgehead atoms. The largest absolute Gasteiger partial charge is 0.508 e. The molecule has 2 aromatic carbocycles. The normalized spacial score (nSPS) is 14.0. The summed E-state index contributed by atoms with van der Waals surface area (Å²) in [4.78, 5) is 0. The third kappa shape index (κ3) is 3.36. The Kier molecular flexibility index (Phi) is 4.40. The SMILES string of the molecule is Cc1ccc(C(C)NC(C)c2cccc(F)c2)c(O)c1. The Bertz CT molecular complexity index is 597. The van der Waals surface area contributed by atoms with Crippen LogP contribution >= 0.6 is 0 Å². The van der Waals surface area contributed by atoms with E-state index in [9.17, 15) is 9.50 Å². The van der Waals surface area contributed by atoms with E-state index in [0.29, 0.717) is 0 Å². The summed E-state index contributed by atoms with van der Waals surface area (Å²) in [6.07, 6.45) is 0. The number of rotatable bonds is 4. The lowest BCUT2D eigenvalue weighted by atomic mass is 10.0. The highest BCUT2D eigenvalue weighted by Crippen LogP contribution is 2.27. The zero-order chi connectivity index (χ0) is 14.7. The van der Waals surface area contributed by atoms with E-state index in [4.69, 9.17) is 0 Å². The van der Waals surface area contributed by atoms with E-state index in [1.54, 1.807) is 12.1 Å². The monoisotopic (exact) mass is 273 g/mol. The average Bonchev–Trinajstić information content (AvgIpc) is 2.38. The molecule has 0 heterocycles. The van der Waals surface area contributed by atoms with E-state index < -0.39 is 0 Å². The molecule has 0 aliphatic carbocycles. The second-order valence-electron chi connectivity index (χ2n) is 5.23. The second-order valence-corrected chi connectivity index (χ2v) is 5.23. The van der Waals surface area contributed by atoms with Gasteiger partial charge in [-0.1, -0.05) is 24.3 Å². The molecule has 0 fully saturated rings. The van der Waals surface area contributed by atoms with Crippen LogP contribution in [0.4, 0.5) is 4.39 Å². The number of hydrogen-bond donors (Lipinski definition) is 2. The van der Waals surface area contributed by atoms with Crippen molar-refractivity contribution < 1.29 is 9.50 Å². The van der Waals surface area contributed by atoms with Gasteiger partial charge in [0.05, 0.1) is 0 Å². The van der Waals surface area contributed by atoms with Crippen molar-refractivity contribution in [2.24, 2.45) is 0 Å². The minimum atomic E-state index is -0.234. The summed E-state index contributed by atoms with van der Waals surface area (Å²) >= 11 is 0. The van der Waals surface area contributed by atoms with Crippen molar-refractivity contribution in [2.45, 2.75) is 32.9 Å². The molecule has 2 rings (SSSR count). The van der Waals surface area contributed by atoms with Crippen molar-refractivity contribution in [2.75, 3.05) is 0 Å². The second kappa shape index (κ2) is 6.06. The fraction of sp³-hybridized carbons (Fsp3) is 0.294. The first-order chi connectivity index (χ1) is 9.47. The van der Waals surface area contributed by atoms with E-state index in [0.717, 1.165) is 16.7 Å². The number of phenols is 1. The zero-order valence-corrected chi connectivity index (χ0v) is 12.0. The maximum Gasteiger partial charge on any atom is 0.123 e. The van der Waals surface area contributed by atoms with Crippen LogP contribution in [0.25, 0.3) is 0 Å². The van der Waals surface area contributed by atoms with Crippen molar-refractivity contribution in [1.29, 1.82) is 0 Å². The van der Waals surface area contributed by atoms with Crippen molar-refractivity contribution in [3.05, 3.63) is 65.0 Å². The Hall–Kier alpha value is -1.87. The Morgan fingerprint density at radius 1 is 1.05 bits per heavy atom. The van der Waals surface area contributed by atoms with Gasteiger partial charge < -0.3 is 10.4 Å². The molecule has 0 saturated carbocycles. The first kappa shape index (κ1) is 14.5. The van der Waals surface area contributed by atoms with Gasteiger partial charge in [0.1, 0.15) is 11.6 Å². The highest BCUT2D eigenvalue weighted by molar-refractivity contribution is 5.38. The molecular weight excluding hydrogens is 253 g/mol. The smallest absolute Gasteiger partial charge is 0.123 e. The fourth-order valence-corrected chi connectivity index (χ4v) is 2.36. The molecule has 2 nitrogen and oxygen atoms in total. The molecule has 106 valence electrons. The molecule has 2 atom stereocenters. The minimum Gasteiger partial charge on any atom is -0.508 e. The Morgan fingerprint density at radius 3 is 2.45 bits per heavy atom. The first-order valence-corrected chi connectivity index (χ1v) is 6.78. The van der Waals surface area contributed by atoms with Gasteiger partial charge in [-0.2, -0.15) is 0 Å². The van der Waals surface area contributed by atoms with Gasteiger partial charge in [0.2, 0.25) is 0 Å². The summed E-state index contributed by atoms with van der Waals surface area (Å²) in [7, 11) is 0. The van der Waals surface area contributed by atoms with Crippen LogP contribution in [0, 0.1) is 12.7 Å². The van der Waals surface area contributed by atoms with Gasteiger partial charge in [-0.3, -0.25) is 0 Å². The van der Waals surface area contributed by atoms with E-state index in [1.165, 1.54) is 12.1 Å². The fourth-order valence-electron chi connectivity index (χ4n) is 2.36. The maximum atomic E-state index is 13.2. The molecule has 2 aromatic rings. The minimum absolute atomic E-state index is 0.00130. The number of benzene rings is 2. The lowest BCUT2D eigenvalue weighted by Crippen LogP contribution is -2.22. The number of hydrogen-bond acceptors (Lipinski definition) is 2. The van der Waals surface area contributed by atoms with E-state index >= 15 is 0 Å². The van der Waals surface area contributed by atoms with Gasteiger partial charge in [0.15, 0.2) is 0 Å². The number of aryl methyl sites for hydroxylation is 1.